The molecule has 40 heavy (non-hydrogen) atoms. The number of nitriles is 1. The molecule has 0 aliphatic carbocycles. The van der Waals surface area contributed by atoms with Gasteiger partial charge in [-0.25, -0.2) is 13.4 Å². The lowest BCUT2D eigenvalue weighted by Crippen LogP contribution is -2.27. The Hall–Kier alpha value is -4.36. The number of halogens is 1. The number of hydrogen-bond acceptors (Lipinski definition) is 7. The summed E-state index contributed by atoms with van der Waals surface area (Å²) >= 11 is 0. The molecule has 8 nitrogen and oxygen atoms in total. The third-order valence-corrected chi connectivity index (χ3v) is 8.66. The van der Waals surface area contributed by atoms with Crippen LogP contribution < -0.4 is 5.56 Å². The molecule has 4 aromatic rings. The summed E-state index contributed by atoms with van der Waals surface area (Å²) in [7, 11) is -4.50. The van der Waals surface area contributed by atoms with Gasteiger partial charge in [-0.15, -0.1) is 0 Å². The molecule has 10 heteroatoms. The standard InChI is InChI=1S/C30H29FN4O4S/c1-4-6-10-26-34-29(36)27(30(37)35(26)25(5-2)22-9-7-8-20(17-22)18-32)40(38,39)23-13-11-21(12-14-23)24-15-16-33-28(31)19(24)3/h7-9,11-17,25,37H,4-6,10H2,1-3H3/t25-/m0/s1. The number of aromatic hydroxyl groups is 1. The summed E-state index contributed by atoms with van der Waals surface area (Å²) in [6, 6.07) is 15.6. The van der Waals surface area contributed by atoms with Gasteiger partial charge in [0.05, 0.1) is 22.6 Å². The van der Waals surface area contributed by atoms with E-state index in [1.54, 1.807) is 37.3 Å². The lowest BCUT2D eigenvalue weighted by Gasteiger charge is -2.25. The van der Waals surface area contributed by atoms with Crippen LogP contribution in [0, 0.1) is 24.2 Å². The number of nitrogens with zero attached hydrogens (tertiary/aromatic N) is 4. The SMILES string of the molecule is CCCCc1nc(=O)c(S(=O)(=O)c2ccc(-c3ccnc(F)c3C)cc2)c(O)n1[C@@H](CC)c1cccc(C#N)c1. The third-order valence-electron chi connectivity index (χ3n) is 6.87. The summed E-state index contributed by atoms with van der Waals surface area (Å²) in [6.07, 6.45) is 3.57. The van der Waals surface area contributed by atoms with Crippen molar-refractivity contribution in [2.45, 2.75) is 62.3 Å². The monoisotopic (exact) mass is 560 g/mol. The minimum Gasteiger partial charge on any atom is -0.493 e. The van der Waals surface area contributed by atoms with Gasteiger partial charge in [0, 0.05) is 18.2 Å². The van der Waals surface area contributed by atoms with E-state index in [4.69, 9.17) is 0 Å². The smallest absolute Gasteiger partial charge is 0.296 e. The number of aryl methyl sites for hydroxylation is 1. The normalized spacial score (nSPS) is 12.2. The molecular formula is C30H29FN4O4S. The first kappa shape index (κ1) is 28.6. The first-order valence-electron chi connectivity index (χ1n) is 12.9. The van der Waals surface area contributed by atoms with Gasteiger partial charge in [0.2, 0.25) is 21.7 Å². The molecule has 2 aromatic heterocycles. The molecule has 0 saturated carbocycles. The number of unbranched alkanes of at least 4 members (excludes halogenated alkanes) is 1. The molecular weight excluding hydrogens is 531 g/mol. The highest BCUT2D eigenvalue weighted by atomic mass is 32.2. The van der Waals surface area contributed by atoms with Crippen LogP contribution in [0.2, 0.25) is 0 Å². The van der Waals surface area contributed by atoms with Crippen LogP contribution in [0.4, 0.5) is 4.39 Å². The van der Waals surface area contributed by atoms with Crippen molar-refractivity contribution in [2.24, 2.45) is 0 Å². The summed E-state index contributed by atoms with van der Waals surface area (Å²) in [6.45, 7) is 5.41. The highest BCUT2D eigenvalue weighted by molar-refractivity contribution is 7.91. The van der Waals surface area contributed by atoms with Gasteiger partial charge in [0.1, 0.15) is 5.82 Å². The Bertz CT molecular complexity index is 1760. The minimum atomic E-state index is -4.50. The molecule has 0 unspecified atom stereocenters. The largest absolute Gasteiger partial charge is 0.493 e. The van der Waals surface area contributed by atoms with E-state index in [0.717, 1.165) is 6.42 Å². The number of sulfone groups is 1. The fourth-order valence-corrected chi connectivity index (χ4v) is 6.10. The quantitative estimate of drug-likeness (QED) is 0.268. The molecule has 0 radical (unpaired) electrons. The Morgan fingerprint density at radius 3 is 2.50 bits per heavy atom. The van der Waals surface area contributed by atoms with Gasteiger partial charge in [-0.1, -0.05) is 44.5 Å². The maximum atomic E-state index is 14.0. The Labute approximate surface area is 232 Å². The molecule has 0 aliphatic rings. The van der Waals surface area contributed by atoms with Crippen LogP contribution >= 0.6 is 0 Å². The molecule has 2 aromatic carbocycles. The van der Waals surface area contributed by atoms with Gasteiger partial charge in [0.15, 0.2) is 4.90 Å². The van der Waals surface area contributed by atoms with Gasteiger partial charge < -0.3 is 5.11 Å². The fraction of sp³-hybridized carbons (Fsp3) is 0.267. The first-order valence-corrected chi connectivity index (χ1v) is 14.4. The van der Waals surface area contributed by atoms with Crippen LogP contribution in [-0.4, -0.2) is 28.1 Å². The lowest BCUT2D eigenvalue weighted by atomic mass is 10.0. The van der Waals surface area contributed by atoms with E-state index in [-0.39, 0.29) is 10.7 Å². The lowest BCUT2D eigenvalue weighted by molar-refractivity contribution is 0.358. The van der Waals surface area contributed by atoms with Crippen molar-refractivity contribution < 1.29 is 17.9 Å². The van der Waals surface area contributed by atoms with Crippen molar-refractivity contribution in [1.29, 1.82) is 5.26 Å². The molecule has 4 rings (SSSR count). The summed E-state index contributed by atoms with van der Waals surface area (Å²) in [5, 5.41) is 20.9. The van der Waals surface area contributed by atoms with Crippen LogP contribution in [0.1, 0.15) is 61.7 Å². The predicted molar refractivity (Wildman–Crippen MR) is 148 cm³/mol. The minimum absolute atomic E-state index is 0.218. The number of pyridine rings is 1. The molecule has 0 saturated heterocycles. The van der Waals surface area contributed by atoms with Crippen LogP contribution in [0.3, 0.4) is 0 Å². The van der Waals surface area contributed by atoms with Crippen LogP contribution in [0.5, 0.6) is 5.88 Å². The second-order valence-corrected chi connectivity index (χ2v) is 11.3. The van der Waals surface area contributed by atoms with Crippen molar-refractivity contribution in [3.63, 3.8) is 0 Å². The van der Waals surface area contributed by atoms with Gasteiger partial charge in [-0.05, 0) is 66.8 Å². The molecule has 0 aliphatic heterocycles. The number of aromatic nitrogens is 3. The second kappa shape index (κ2) is 11.8. The zero-order valence-corrected chi connectivity index (χ0v) is 23.2. The molecule has 1 atom stereocenters. The van der Waals surface area contributed by atoms with E-state index < -0.39 is 38.2 Å². The van der Waals surface area contributed by atoms with Gasteiger partial charge >= 0.3 is 0 Å². The van der Waals surface area contributed by atoms with E-state index in [1.807, 2.05) is 13.8 Å². The number of rotatable bonds is 9. The maximum Gasteiger partial charge on any atom is 0.296 e. The van der Waals surface area contributed by atoms with Crippen LogP contribution in [0.15, 0.2) is 75.4 Å². The summed E-state index contributed by atoms with van der Waals surface area (Å²) in [4.78, 5) is 19.9. The van der Waals surface area contributed by atoms with E-state index >= 15 is 0 Å². The number of benzene rings is 2. The molecule has 0 fully saturated rings. The number of hydrogen-bond donors (Lipinski definition) is 1. The topological polar surface area (TPSA) is 126 Å². The Kier molecular flexibility index (Phi) is 8.45. The molecule has 0 bridgehead atoms. The summed E-state index contributed by atoms with van der Waals surface area (Å²) < 4.78 is 42.8. The first-order chi connectivity index (χ1) is 19.1. The van der Waals surface area contributed by atoms with Gasteiger partial charge in [-0.2, -0.15) is 14.6 Å². The van der Waals surface area contributed by atoms with Crippen LogP contribution in [0.25, 0.3) is 11.1 Å². The average molecular weight is 561 g/mol. The van der Waals surface area contributed by atoms with Crippen molar-refractivity contribution in [2.75, 3.05) is 0 Å². The Morgan fingerprint density at radius 1 is 1.12 bits per heavy atom. The molecule has 0 amide bonds. The fourth-order valence-electron chi connectivity index (χ4n) is 4.76. The highest BCUT2D eigenvalue weighted by Crippen LogP contribution is 2.34. The average Bonchev–Trinajstić information content (AvgIpc) is 2.95. The zero-order chi connectivity index (χ0) is 29.0. The van der Waals surface area contributed by atoms with Crippen molar-refractivity contribution in [3.8, 4) is 23.1 Å². The molecule has 0 spiro atoms. The van der Waals surface area contributed by atoms with E-state index in [1.165, 1.54) is 35.0 Å². The predicted octanol–water partition coefficient (Wildman–Crippen LogP) is 5.50. The van der Waals surface area contributed by atoms with E-state index in [9.17, 15) is 28.0 Å². The van der Waals surface area contributed by atoms with E-state index in [0.29, 0.717) is 47.1 Å². The van der Waals surface area contributed by atoms with E-state index in [2.05, 4.69) is 16.0 Å². The van der Waals surface area contributed by atoms with Gasteiger partial charge in [0.25, 0.3) is 5.56 Å². The maximum absolute atomic E-state index is 14.0. The zero-order valence-electron chi connectivity index (χ0n) is 22.4. The summed E-state index contributed by atoms with van der Waals surface area (Å²) in [5.74, 6) is -1.06. The third kappa shape index (κ3) is 5.38. The molecule has 206 valence electrons. The molecule has 1 N–H and O–H groups in total. The van der Waals surface area contributed by atoms with Gasteiger partial charge in [-0.3, -0.25) is 9.36 Å². The van der Waals surface area contributed by atoms with Crippen LogP contribution in [-0.2, 0) is 16.3 Å². The molecule has 2 heterocycles. The highest BCUT2D eigenvalue weighted by Gasteiger charge is 2.32. The Balaban J connectivity index is 1.88. The second-order valence-electron chi connectivity index (χ2n) is 9.42. The van der Waals surface area contributed by atoms with Crippen molar-refractivity contribution in [1.82, 2.24) is 14.5 Å². The summed E-state index contributed by atoms with van der Waals surface area (Å²) in [5.41, 5.74) is 1.47. The van der Waals surface area contributed by atoms with Crippen molar-refractivity contribution in [3.05, 3.63) is 99.6 Å². The van der Waals surface area contributed by atoms with Crippen molar-refractivity contribution >= 4 is 9.84 Å². The Morgan fingerprint density at radius 2 is 1.85 bits per heavy atom.